The monoisotopic (exact) mass is 235 g/mol. The average Bonchev–Trinajstić information content (AvgIpc) is 2.28. The summed E-state index contributed by atoms with van der Waals surface area (Å²) in [4.78, 5) is 4.05. The highest BCUT2D eigenvalue weighted by Gasteiger charge is 2.08. The van der Waals surface area contributed by atoms with E-state index in [1.54, 1.807) is 0 Å². The van der Waals surface area contributed by atoms with E-state index in [1.807, 2.05) is 13.0 Å². The molecule has 0 fully saturated rings. The van der Waals surface area contributed by atoms with Gasteiger partial charge >= 0.3 is 0 Å². The third-order valence-corrected chi connectivity index (χ3v) is 2.14. The Labute approximate surface area is 101 Å². The van der Waals surface area contributed by atoms with Gasteiger partial charge in [-0.2, -0.15) is 5.26 Å². The molecule has 0 radical (unpaired) electrons. The Morgan fingerprint density at radius 1 is 1.53 bits per heavy atom. The first kappa shape index (κ1) is 13.1. The van der Waals surface area contributed by atoms with Crippen molar-refractivity contribution in [3.05, 3.63) is 11.6 Å². The largest absolute Gasteiger partial charge is 0.397 e. The molecule has 0 unspecified atom stereocenters. The maximum absolute atomic E-state index is 8.96. The standard InChI is InChI=1S/C11H17N5O/c1-2-17-5-3-4-15-11-8(7-12)9(13)6-10(14)16-11/h6H,2-5H2,1H3,(H5,13,14,15,16). The number of pyridine rings is 1. The molecule has 6 nitrogen and oxygen atoms in total. The van der Waals surface area contributed by atoms with Crippen LogP contribution >= 0.6 is 0 Å². The van der Waals surface area contributed by atoms with Crippen LogP contribution in [0.3, 0.4) is 0 Å². The van der Waals surface area contributed by atoms with Crippen LogP contribution in [0.15, 0.2) is 6.07 Å². The van der Waals surface area contributed by atoms with E-state index in [-0.39, 0.29) is 0 Å². The first-order valence-corrected chi connectivity index (χ1v) is 5.46. The van der Waals surface area contributed by atoms with Crippen molar-refractivity contribution in [3.8, 4) is 6.07 Å². The van der Waals surface area contributed by atoms with E-state index in [9.17, 15) is 0 Å². The van der Waals surface area contributed by atoms with Crippen LogP contribution in [0.5, 0.6) is 0 Å². The molecule has 0 aliphatic heterocycles. The molecule has 1 aromatic rings. The second-order valence-electron chi connectivity index (χ2n) is 3.45. The summed E-state index contributed by atoms with van der Waals surface area (Å²) in [5.41, 5.74) is 11.9. The third kappa shape index (κ3) is 3.81. The summed E-state index contributed by atoms with van der Waals surface area (Å²) in [5, 5.41) is 12.0. The minimum absolute atomic E-state index is 0.300. The highest BCUT2D eigenvalue weighted by molar-refractivity contribution is 5.69. The van der Waals surface area contributed by atoms with Crippen LogP contribution in [-0.4, -0.2) is 24.7 Å². The van der Waals surface area contributed by atoms with Crippen LogP contribution in [0.1, 0.15) is 18.9 Å². The lowest BCUT2D eigenvalue weighted by Crippen LogP contribution is -2.10. The number of hydrogen-bond donors (Lipinski definition) is 3. The molecule has 0 aliphatic carbocycles. The summed E-state index contributed by atoms with van der Waals surface area (Å²) < 4.78 is 5.20. The summed E-state index contributed by atoms with van der Waals surface area (Å²) in [6.07, 6.45) is 0.828. The molecule has 0 amide bonds. The zero-order valence-corrected chi connectivity index (χ0v) is 9.86. The fourth-order valence-corrected chi connectivity index (χ4v) is 1.36. The molecule has 0 bridgehead atoms. The molecular weight excluding hydrogens is 218 g/mol. The Kier molecular flexibility index (Phi) is 5.04. The van der Waals surface area contributed by atoms with Crippen molar-refractivity contribution in [3.63, 3.8) is 0 Å². The van der Waals surface area contributed by atoms with Crippen molar-refractivity contribution in [1.82, 2.24) is 4.98 Å². The van der Waals surface area contributed by atoms with Crippen LogP contribution < -0.4 is 16.8 Å². The van der Waals surface area contributed by atoms with Gasteiger partial charge in [-0.1, -0.05) is 0 Å². The summed E-state index contributed by atoms with van der Waals surface area (Å²) in [7, 11) is 0. The first-order valence-electron chi connectivity index (χ1n) is 5.46. The Morgan fingerprint density at radius 3 is 2.94 bits per heavy atom. The number of hydrogen-bond acceptors (Lipinski definition) is 6. The average molecular weight is 235 g/mol. The van der Waals surface area contributed by atoms with Crippen LogP contribution in [0.25, 0.3) is 0 Å². The summed E-state index contributed by atoms with van der Waals surface area (Å²) in [6, 6.07) is 3.48. The van der Waals surface area contributed by atoms with Gasteiger partial charge in [0.2, 0.25) is 0 Å². The Bertz CT molecular complexity index is 413. The first-order chi connectivity index (χ1) is 8.19. The minimum atomic E-state index is 0.300. The fraction of sp³-hybridized carbons (Fsp3) is 0.455. The smallest absolute Gasteiger partial charge is 0.148 e. The van der Waals surface area contributed by atoms with E-state index in [0.29, 0.717) is 42.6 Å². The van der Waals surface area contributed by atoms with Crippen molar-refractivity contribution in [1.29, 1.82) is 5.26 Å². The third-order valence-electron chi connectivity index (χ3n) is 2.14. The second kappa shape index (κ2) is 6.55. The van der Waals surface area contributed by atoms with Gasteiger partial charge in [0, 0.05) is 25.8 Å². The molecule has 5 N–H and O–H groups in total. The highest BCUT2D eigenvalue weighted by atomic mass is 16.5. The van der Waals surface area contributed by atoms with Gasteiger partial charge in [0.1, 0.15) is 23.3 Å². The van der Waals surface area contributed by atoms with E-state index < -0.39 is 0 Å². The Balaban J connectivity index is 2.61. The van der Waals surface area contributed by atoms with Crippen molar-refractivity contribution in [2.24, 2.45) is 0 Å². The number of aromatic nitrogens is 1. The van der Waals surface area contributed by atoms with Crippen LogP contribution in [-0.2, 0) is 4.74 Å². The summed E-state index contributed by atoms with van der Waals surface area (Å²) in [5.74, 6) is 0.732. The zero-order chi connectivity index (χ0) is 12.7. The van der Waals surface area contributed by atoms with Gasteiger partial charge in [-0.25, -0.2) is 4.98 Å². The van der Waals surface area contributed by atoms with E-state index in [4.69, 9.17) is 21.5 Å². The Morgan fingerprint density at radius 2 is 2.29 bits per heavy atom. The topological polar surface area (TPSA) is 110 Å². The molecule has 17 heavy (non-hydrogen) atoms. The maximum atomic E-state index is 8.96. The van der Waals surface area contributed by atoms with Crippen molar-refractivity contribution in [2.75, 3.05) is 36.5 Å². The molecule has 6 heteroatoms. The molecule has 92 valence electrons. The number of nitriles is 1. The van der Waals surface area contributed by atoms with Gasteiger partial charge in [-0.05, 0) is 13.3 Å². The van der Waals surface area contributed by atoms with Gasteiger partial charge in [0.15, 0.2) is 0 Å². The minimum Gasteiger partial charge on any atom is -0.397 e. The lowest BCUT2D eigenvalue weighted by atomic mass is 10.2. The molecule has 1 heterocycles. The SMILES string of the molecule is CCOCCCNc1nc(N)cc(N)c1C#N. The molecule has 0 aliphatic rings. The molecule has 0 atom stereocenters. The second-order valence-corrected chi connectivity index (χ2v) is 3.45. The van der Waals surface area contributed by atoms with Gasteiger partial charge in [0.25, 0.3) is 0 Å². The lowest BCUT2D eigenvalue weighted by Gasteiger charge is -2.09. The van der Waals surface area contributed by atoms with Gasteiger partial charge in [0.05, 0.1) is 5.69 Å². The summed E-state index contributed by atoms with van der Waals surface area (Å²) >= 11 is 0. The number of ether oxygens (including phenoxy) is 1. The number of rotatable bonds is 6. The maximum Gasteiger partial charge on any atom is 0.148 e. The molecule has 1 rings (SSSR count). The Hall–Kier alpha value is -2.00. The molecule has 0 spiro atoms. The molecule has 0 aromatic carbocycles. The quantitative estimate of drug-likeness (QED) is 0.633. The van der Waals surface area contributed by atoms with E-state index in [0.717, 1.165) is 6.42 Å². The lowest BCUT2D eigenvalue weighted by molar-refractivity contribution is 0.147. The van der Waals surface area contributed by atoms with Gasteiger partial charge in [-0.3, -0.25) is 0 Å². The van der Waals surface area contributed by atoms with Crippen molar-refractivity contribution >= 4 is 17.3 Å². The van der Waals surface area contributed by atoms with Gasteiger partial charge < -0.3 is 21.5 Å². The molecule has 1 aromatic heterocycles. The zero-order valence-electron chi connectivity index (χ0n) is 9.86. The van der Waals surface area contributed by atoms with Crippen molar-refractivity contribution < 1.29 is 4.74 Å². The van der Waals surface area contributed by atoms with E-state index >= 15 is 0 Å². The highest BCUT2D eigenvalue weighted by Crippen LogP contribution is 2.21. The number of nitrogens with two attached hydrogens (primary N) is 2. The predicted molar refractivity (Wildman–Crippen MR) is 67.4 cm³/mol. The predicted octanol–water partition coefficient (Wildman–Crippen LogP) is 0.956. The van der Waals surface area contributed by atoms with Gasteiger partial charge in [-0.15, -0.1) is 0 Å². The number of nitrogen functional groups attached to an aromatic ring is 2. The fourth-order valence-electron chi connectivity index (χ4n) is 1.36. The van der Waals surface area contributed by atoms with E-state index in [2.05, 4.69) is 10.3 Å². The summed E-state index contributed by atoms with van der Waals surface area (Å²) in [6.45, 7) is 3.97. The number of anilines is 3. The van der Waals surface area contributed by atoms with Crippen LogP contribution in [0, 0.1) is 11.3 Å². The normalized spacial score (nSPS) is 9.88. The van der Waals surface area contributed by atoms with Crippen LogP contribution in [0.4, 0.5) is 17.3 Å². The van der Waals surface area contributed by atoms with E-state index in [1.165, 1.54) is 6.07 Å². The molecular formula is C11H17N5O. The molecule has 0 saturated heterocycles. The van der Waals surface area contributed by atoms with Crippen LogP contribution in [0.2, 0.25) is 0 Å². The number of nitrogens with one attached hydrogen (secondary N) is 1. The van der Waals surface area contributed by atoms with Crippen molar-refractivity contribution in [2.45, 2.75) is 13.3 Å². The molecule has 0 saturated carbocycles. The number of nitrogens with zero attached hydrogens (tertiary/aromatic N) is 2.